The van der Waals surface area contributed by atoms with E-state index in [0.29, 0.717) is 6.54 Å². The first kappa shape index (κ1) is 16.3. The van der Waals surface area contributed by atoms with Crippen LogP contribution in [0.25, 0.3) is 0 Å². The van der Waals surface area contributed by atoms with E-state index < -0.39 is 16.6 Å². The van der Waals surface area contributed by atoms with Crippen molar-refractivity contribution < 1.29 is 8.85 Å². The largest absolute Gasteiger partial charge is 0.542 e. The predicted molar refractivity (Wildman–Crippen MR) is 87.1 cm³/mol. The van der Waals surface area contributed by atoms with Gasteiger partial charge in [0.05, 0.1) is 0 Å². The third-order valence-corrected chi connectivity index (χ3v) is 3.95. The Hall–Kier alpha value is -0.786. The van der Waals surface area contributed by atoms with Crippen molar-refractivity contribution in [3.63, 3.8) is 0 Å². The number of nitrogens with two attached hydrogens (primary N) is 1. The average Bonchev–Trinajstić information content (AvgIpc) is 2.19. The molecule has 0 heterocycles. The van der Waals surface area contributed by atoms with Crippen LogP contribution in [-0.4, -0.2) is 23.2 Å². The third kappa shape index (κ3) is 5.80. The zero-order valence-electron chi connectivity index (χ0n) is 13.0. The van der Waals surface area contributed by atoms with Crippen molar-refractivity contribution in [1.82, 2.24) is 0 Å². The fourth-order valence-electron chi connectivity index (χ4n) is 1.75. The van der Waals surface area contributed by atoms with Gasteiger partial charge < -0.3 is 14.6 Å². The van der Waals surface area contributed by atoms with Crippen molar-refractivity contribution in [3.8, 4) is 11.5 Å². The van der Waals surface area contributed by atoms with Gasteiger partial charge in [-0.15, -0.1) is 0 Å². The van der Waals surface area contributed by atoms with Crippen LogP contribution in [0.1, 0.15) is 5.56 Å². The minimum atomic E-state index is -1.67. The van der Waals surface area contributed by atoms with E-state index in [1.807, 2.05) is 12.1 Å². The maximum atomic E-state index is 6.24. The van der Waals surface area contributed by atoms with Crippen molar-refractivity contribution in [2.75, 3.05) is 6.54 Å². The van der Waals surface area contributed by atoms with Gasteiger partial charge in [-0.3, -0.25) is 0 Å². The highest BCUT2D eigenvalue weighted by molar-refractivity contribution is 6.71. The molecule has 0 bridgehead atoms. The number of hydrogen-bond donors (Lipinski definition) is 1. The molecule has 0 aromatic heterocycles. The molecule has 3 nitrogen and oxygen atoms in total. The Balaban J connectivity index is 3.17. The summed E-state index contributed by atoms with van der Waals surface area (Å²) in [5, 5.41) is 0. The number of benzene rings is 1. The predicted octanol–water partition coefficient (Wildman–Crippen LogP) is 3.62. The molecule has 0 amide bonds. The van der Waals surface area contributed by atoms with Gasteiger partial charge >= 0.3 is 0 Å². The van der Waals surface area contributed by atoms with E-state index in [0.717, 1.165) is 23.5 Å². The normalized spacial score (nSPS) is 12.4. The first-order chi connectivity index (χ1) is 8.62. The maximum Gasteiger partial charge on any atom is 0.242 e. The topological polar surface area (TPSA) is 44.5 Å². The quantitative estimate of drug-likeness (QED) is 0.816. The summed E-state index contributed by atoms with van der Waals surface area (Å²) >= 11 is 0. The Morgan fingerprint density at radius 3 is 2.00 bits per heavy atom. The van der Waals surface area contributed by atoms with E-state index in [9.17, 15) is 0 Å². The molecule has 0 fully saturated rings. The SMILES string of the molecule is C[Si](C)(C)Oc1cccc(CCN)c1O[Si](C)(C)C. The lowest BCUT2D eigenvalue weighted by Gasteiger charge is -2.27. The molecule has 2 N–H and O–H groups in total. The van der Waals surface area contributed by atoms with E-state index in [-0.39, 0.29) is 0 Å². The van der Waals surface area contributed by atoms with Gasteiger partial charge in [-0.25, -0.2) is 0 Å². The minimum Gasteiger partial charge on any atom is -0.542 e. The van der Waals surface area contributed by atoms with E-state index in [1.165, 1.54) is 0 Å². The lowest BCUT2D eigenvalue weighted by atomic mass is 10.1. The van der Waals surface area contributed by atoms with Crippen LogP contribution in [0.3, 0.4) is 0 Å². The average molecular weight is 298 g/mol. The molecule has 0 spiro atoms. The summed E-state index contributed by atoms with van der Waals surface area (Å²) in [4.78, 5) is 0. The summed E-state index contributed by atoms with van der Waals surface area (Å²) < 4.78 is 12.4. The second kappa shape index (κ2) is 6.11. The van der Waals surface area contributed by atoms with Crippen LogP contribution in [0.5, 0.6) is 11.5 Å². The van der Waals surface area contributed by atoms with Gasteiger partial charge in [0.2, 0.25) is 16.6 Å². The second-order valence-electron chi connectivity index (χ2n) is 6.71. The molecular weight excluding hydrogens is 270 g/mol. The van der Waals surface area contributed by atoms with E-state index in [1.54, 1.807) is 0 Å². The highest BCUT2D eigenvalue weighted by Crippen LogP contribution is 2.35. The summed E-state index contributed by atoms with van der Waals surface area (Å²) in [6.07, 6.45) is 0.822. The van der Waals surface area contributed by atoms with Crippen LogP contribution in [0.2, 0.25) is 39.3 Å². The lowest BCUT2D eigenvalue weighted by Crippen LogP contribution is -2.33. The zero-order valence-corrected chi connectivity index (χ0v) is 15.0. The van der Waals surface area contributed by atoms with Gasteiger partial charge in [-0.05, 0) is 63.9 Å². The fourth-order valence-corrected chi connectivity index (χ4v) is 3.41. The first-order valence-corrected chi connectivity index (χ1v) is 13.6. The molecular formula is C14H27NO2Si2. The molecule has 0 radical (unpaired) electrons. The van der Waals surface area contributed by atoms with Gasteiger partial charge in [-0.2, -0.15) is 0 Å². The Kier molecular flexibility index (Phi) is 5.23. The van der Waals surface area contributed by atoms with Gasteiger partial charge in [0.15, 0.2) is 0 Å². The van der Waals surface area contributed by atoms with Gasteiger partial charge in [-0.1, -0.05) is 12.1 Å². The standard InChI is InChI=1S/C14H27NO2Si2/c1-18(2,3)16-13-9-7-8-12(10-11-15)14(13)17-19(4,5)6/h7-9H,10-11,15H2,1-6H3. The Morgan fingerprint density at radius 2 is 1.53 bits per heavy atom. The smallest absolute Gasteiger partial charge is 0.242 e. The summed E-state index contributed by atoms with van der Waals surface area (Å²) in [7, 11) is -3.32. The first-order valence-electron chi connectivity index (χ1n) is 6.82. The number of hydrogen-bond acceptors (Lipinski definition) is 3. The Morgan fingerprint density at radius 1 is 0.947 bits per heavy atom. The van der Waals surface area contributed by atoms with Crippen molar-refractivity contribution in [2.24, 2.45) is 5.73 Å². The second-order valence-corrected chi connectivity index (χ2v) is 15.6. The minimum absolute atomic E-state index is 0.623. The molecule has 1 rings (SSSR count). The van der Waals surface area contributed by atoms with E-state index in [4.69, 9.17) is 14.6 Å². The Bertz CT molecular complexity index is 422. The number of rotatable bonds is 6. The third-order valence-electron chi connectivity index (χ3n) is 2.30. The molecule has 0 saturated heterocycles. The van der Waals surface area contributed by atoms with Crippen LogP contribution < -0.4 is 14.6 Å². The zero-order chi connectivity index (χ0) is 14.7. The Labute approximate surface area is 119 Å². The molecule has 108 valence electrons. The summed E-state index contributed by atoms with van der Waals surface area (Å²) in [6.45, 7) is 13.7. The molecule has 0 aliphatic heterocycles. The summed E-state index contributed by atoms with van der Waals surface area (Å²) in [6, 6.07) is 6.12. The van der Waals surface area contributed by atoms with Gasteiger partial charge in [0.25, 0.3) is 0 Å². The molecule has 0 unspecified atom stereocenters. The summed E-state index contributed by atoms with van der Waals surface area (Å²) in [5.74, 6) is 1.79. The molecule has 19 heavy (non-hydrogen) atoms. The van der Waals surface area contributed by atoms with Gasteiger partial charge in [0.1, 0.15) is 11.5 Å². The molecule has 1 aromatic carbocycles. The fraction of sp³-hybridized carbons (Fsp3) is 0.571. The van der Waals surface area contributed by atoms with Crippen molar-refractivity contribution in [3.05, 3.63) is 23.8 Å². The van der Waals surface area contributed by atoms with Crippen LogP contribution in [0, 0.1) is 0 Å². The highest BCUT2D eigenvalue weighted by Gasteiger charge is 2.24. The monoisotopic (exact) mass is 297 g/mol. The molecule has 0 aliphatic rings. The molecule has 5 heteroatoms. The van der Waals surface area contributed by atoms with Crippen molar-refractivity contribution in [1.29, 1.82) is 0 Å². The number of para-hydroxylation sites is 1. The van der Waals surface area contributed by atoms with Crippen molar-refractivity contribution >= 4 is 16.6 Å². The highest BCUT2D eigenvalue weighted by atomic mass is 28.4. The van der Waals surface area contributed by atoms with Gasteiger partial charge in [0, 0.05) is 0 Å². The molecule has 0 saturated carbocycles. The molecule has 0 atom stereocenters. The molecule has 0 aliphatic carbocycles. The van der Waals surface area contributed by atoms with Crippen LogP contribution in [-0.2, 0) is 6.42 Å². The molecule has 1 aromatic rings. The van der Waals surface area contributed by atoms with Crippen LogP contribution in [0.15, 0.2) is 18.2 Å². The van der Waals surface area contributed by atoms with Crippen molar-refractivity contribution in [2.45, 2.75) is 45.7 Å². The maximum absolute atomic E-state index is 6.24. The van der Waals surface area contributed by atoms with Crippen LogP contribution >= 0.6 is 0 Å². The summed E-state index contributed by atoms with van der Waals surface area (Å²) in [5.41, 5.74) is 6.85. The van der Waals surface area contributed by atoms with E-state index in [2.05, 4.69) is 45.3 Å². The van der Waals surface area contributed by atoms with E-state index >= 15 is 0 Å². The lowest BCUT2D eigenvalue weighted by molar-refractivity contribution is 0.483. The van der Waals surface area contributed by atoms with Crippen LogP contribution in [0.4, 0.5) is 0 Å².